The number of nitriles is 1. The number of benzene rings is 1. The zero-order valence-electron chi connectivity index (χ0n) is 18.2. The summed E-state index contributed by atoms with van der Waals surface area (Å²) in [5.41, 5.74) is 4.90. The van der Waals surface area contributed by atoms with Crippen molar-refractivity contribution in [2.45, 2.75) is 51.1 Å². The van der Waals surface area contributed by atoms with Gasteiger partial charge in [0.2, 0.25) is 5.91 Å². The topological polar surface area (TPSA) is 84.2 Å². The molecule has 0 fully saturated rings. The van der Waals surface area contributed by atoms with Gasteiger partial charge in [0.25, 0.3) is 0 Å². The van der Waals surface area contributed by atoms with Crippen LogP contribution < -0.4 is 14.8 Å². The number of amides is 1. The molecule has 0 bridgehead atoms. The van der Waals surface area contributed by atoms with E-state index in [-0.39, 0.29) is 23.6 Å². The summed E-state index contributed by atoms with van der Waals surface area (Å²) in [5.74, 6) is 1.79. The molecule has 0 saturated heterocycles. The Balaban J connectivity index is 1.46. The number of nitrogens with one attached hydrogen (secondary N) is 1. The van der Waals surface area contributed by atoms with Crippen molar-refractivity contribution in [3.05, 3.63) is 46.1 Å². The third kappa shape index (κ3) is 4.49. The first kappa shape index (κ1) is 21.5. The minimum Gasteiger partial charge on any atom is -0.486 e. The van der Waals surface area contributed by atoms with Gasteiger partial charge in [-0.15, -0.1) is 0 Å². The Morgan fingerprint density at radius 2 is 2.03 bits per heavy atom. The lowest BCUT2D eigenvalue weighted by Gasteiger charge is -2.25. The van der Waals surface area contributed by atoms with Gasteiger partial charge < -0.3 is 14.8 Å². The third-order valence-corrected chi connectivity index (χ3v) is 6.80. The van der Waals surface area contributed by atoms with E-state index < -0.39 is 0 Å². The number of aromatic nitrogens is 1. The van der Waals surface area contributed by atoms with Crippen LogP contribution in [0.3, 0.4) is 0 Å². The third-order valence-electron chi connectivity index (χ3n) is 5.83. The second-order valence-electron chi connectivity index (χ2n) is 8.29. The average Bonchev–Trinajstić information content (AvgIpc) is 3.24. The molecule has 0 radical (unpaired) electrons. The quantitative estimate of drug-likeness (QED) is 0.684. The van der Waals surface area contributed by atoms with E-state index in [0.29, 0.717) is 23.8 Å². The van der Waals surface area contributed by atoms with Gasteiger partial charge in [-0.3, -0.25) is 4.79 Å². The largest absolute Gasteiger partial charge is 0.486 e. The molecule has 1 amide bonds. The molecule has 1 unspecified atom stereocenters. The first-order chi connectivity index (χ1) is 15.0. The molecule has 1 aromatic carbocycles. The highest BCUT2D eigenvalue weighted by molar-refractivity contribution is 8.00. The molecular formula is C24H27N3O3S. The number of thioether (sulfide) groups is 1. The van der Waals surface area contributed by atoms with Crippen LogP contribution in [0.15, 0.2) is 23.2 Å². The Hall–Kier alpha value is -2.72. The fourth-order valence-electron chi connectivity index (χ4n) is 4.22. The van der Waals surface area contributed by atoms with Crippen LogP contribution in [-0.2, 0) is 17.6 Å². The van der Waals surface area contributed by atoms with E-state index in [1.165, 1.54) is 17.3 Å². The van der Waals surface area contributed by atoms with Crippen LogP contribution in [0.2, 0.25) is 0 Å². The number of hydrogen-bond donors (Lipinski definition) is 1. The van der Waals surface area contributed by atoms with Crippen molar-refractivity contribution in [3.8, 4) is 17.6 Å². The second-order valence-corrected chi connectivity index (χ2v) is 9.25. The molecule has 2 aromatic rings. The molecule has 6 nitrogen and oxygen atoms in total. The minimum atomic E-state index is -0.144. The van der Waals surface area contributed by atoms with Gasteiger partial charge >= 0.3 is 0 Å². The van der Waals surface area contributed by atoms with Crippen molar-refractivity contribution in [2.24, 2.45) is 5.92 Å². The minimum absolute atomic E-state index is 0.0811. The lowest BCUT2D eigenvalue weighted by Crippen LogP contribution is -2.33. The molecule has 31 heavy (non-hydrogen) atoms. The standard InChI is InChI=1S/C24H27N3O3S/c1-14(2)23(16-7-8-20-21(11-16)30-10-9-29-20)27-22(28)13-31-24-18(12-25)15(3)17-5-4-6-19(17)26-24/h7-8,11,14,23H,4-6,9-10,13H2,1-3H3,(H,27,28). The molecule has 7 heteroatoms. The molecule has 2 aliphatic rings. The van der Waals surface area contributed by atoms with Gasteiger partial charge in [-0.1, -0.05) is 31.7 Å². The second kappa shape index (κ2) is 9.19. The first-order valence-corrected chi connectivity index (χ1v) is 11.7. The van der Waals surface area contributed by atoms with E-state index in [1.807, 2.05) is 25.1 Å². The number of carbonyl (C=O) groups is 1. The molecule has 2 heterocycles. The smallest absolute Gasteiger partial charge is 0.230 e. The summed E-state index contributed by atoms with van der Waals surface area (Å²) in [6.45, 7) is 7.22. The number of hydrogen-bond acceptors (Lipinski definition) is 6. The maximum absolute atomic E-state index is 12.8. The number of carbonyl (C=O) groups excluding carboxylic acids is 1. The SMILES string of the molecule is Cc1c(C#N)c(SCC(=O)NC(c2ccc3c(c2)OCCO3)C(C)C)nc2c1CCC2. The Labute approximate surface area is 187 Å². The highest BCUT2D eigenvalue weighted by Crippen LogP contribution is 2.35. The van der Waals surface area contributed by atoms with Crippen LogP contribution in [0.25, 0.3) is 0 Å². The van der Waals surface area contributed by atoms with Crippen LogP contribution in [0, 0.1) is 24.2 Å². The number of pyridine rings is 1. The molecule has 0 saturated carbocycles. The lowest BCUT2D eigenvalue weighted by atomic mass is 9.95. The van der Waals surface area contributed by atoms with E-state index >= 15 is 0 Å². The van der Waals surface area contributed by atoms with Crippen LogP contribution in [0.1, 0.15) is 54.3 Å². The summed E-state index contributed by atoms with van der Waals surface area (Å²) in [7, 11) is 0. The Kier molecular flexibility index (Phi) is 6.38. The summed E-state index contributed by atoms with van der Waals surface area (Å²) < 4.78 is 11.3. The zero-order chi connectivity index (χ0) is 22.0. The van der Waals surface area contributed by atoms with Crippen molar-refractivity contribution < 1.29 is 14.3 Å². The van der Waals surface area contributed by atoms with E-state index in [9.17, 15) is 10.1 Å². The number of fused-ring (bicyclic) bond motifs is 2. The summed E-state index contributed by atoms with van der Waals surface area (Å²) in [4.78, 5) is 17.5. The predicted octanol–water partition coefficient (Wildman–Crippen LogP) is 4.13. The average molecular weight is 438 g/mol. The van der Waals surface area contributed by atoms with E-state index in [4.69, 9.17) is 14.5 Å². The van der Waals surface area contributed by atoms with Gasteiger partial charge in [-0.2, -0.15) is 5.26 Å². The summed E-state index contributed by atoms with van der Waals surface area (Å²) in [6.07, 6.45) is 3.01. The van der Waals surface area contributed by atoms with Gasteiger partial charge in [-0.25, -0.2) is 4.98 Å². The first-order valence-electron chi connectivity index (χ1n) is 10.7. The number of ether oxygens (including phenoxy) is 2. The molecular weight excluding hydrogens is 410 g/mol. The zero-order valence-corrected chi connectivity index (χ0v) is 19.0. The number of nitrogens with zero attached hydrogens (tertiary/aromatic N) is 2. The van der Waals surface area contributed by atoms with Crippen LogP contribution >= 0.6 is 11.8 Å². The monoisotopic (exact) mass is 437 g/mol. The Morgan fingerprint density at radius 3 is 2.77 bits per heavy atom. The van der Waals surface area contributed by atoms with E-state index in [1.54, 1.807) is 0 Å². The van der Waals surface area contributed by atoms with Gasteiger partial charge in [-0.05, 0) is 60.9 Å². The lowest BCUT2D eigenvalue weighted by molar-refractivity contribution is -0.119. The van der Waals surface area contributed by atoms with E-state index in [0.717, 1.165) is 47.6 Å². The molecule has 1 atom stereocenters. The van der Waals surface area contributed by atoms with Gasteiger partial charge in [0.1, 0.15) is 24.3 Å². The molecule has 1 N–H and O–H groups in total. The highest BCUT2D eigenvalue weighted by atomic mass is 32.2. The van der Waals surface area contributed by atoms with Crippen LogP contribution in [-0.4, -0.2) is 29.9 Å². The van der Waals surface area contributed by atoms with Gasteiger partial charge in [0, 0.05) is 5.69 Å². The van der Waals surface area contributed by atoms with Crippen molar-refractivity contribution in [1.82, 2.24) is 10.3 Å². The Bertz CT molecular complexity index is 1050. The molecule has 4 rings (SSSR count). The molecule has 162 valence electrons. The van der Waals surface area contributed by atoms with E-state index in [2.05, 4.69) is 25.2 Å². The molecule has 1 aliphatic heterocycles. The number of aryl methyl sites for hydroxylation is 1. The van der Waals surface area contributed by atoms with Crippen molar-refractivity contribution in [3.63, 3.8) is 0 Å². The Morgan fingerprint density at radius 1 is 1.26 bits per heavy atom. The van der Waals surface area contributed by atoms with Gasteiger partial charge in [0.05, 0.1) is 17.4 Å². The summed E-state index contributed by atoms with van der Waals surface area (Å²) in [5, 5.41) is 13.4. The normalized spacial score (nSPS) is 15.3. The molecule has 0 spiro atoms. The fourth-order valence-corrected chi connectivity index (χ4v) is 5.09. The number of rotatable bonds is 6. The summed E-state index contributed by atoms with van der Waals surface area (Å²) >= 11 is 1.34. The van der Waals surface area contributed by atoms with Crippen LogP contribution in [0.4, 0.5) is 0 Å². The van der Waals surface area contributed by atoms with Crippen LogP contribution in [0.5, 0.6) is 11.5 Å². The maximum Gasteiger partial charge on any atom is 0.230 e. The van der Waals surface area contributed by atoms with Crippen molar-refractivity contribution in [2.75, 3.05) is 19.0 Å². The molecule has 1 aromatic heterocycles. The fraction of sp³-hybridized carbons (Fsp3) is 0.458. The van der Waals surface area contributed by atoms with Gasteiger partial charge in [0.15, 0.2) is 11.5 Å². The molecule has 1 aliphatic carbocycles. The maximum atomic E-state index is 12.8. The van der Waals surface area contributed by atoms with Crippen molar-refractivity contribution >= 4 is 17.7 Å². The predicted molar refractivity (Wildman–Crippen MR) is 120 cm³/mol. The summed E-state index contributed by atoms with van der Waals surface area (Å²) in [6, 6.07) is 7.97. The van der Waals surface area contributed by atoms with Crippen molar-refractivity contribution in [1.29, 1.82) is 5.26 Å². The highest BCUT2D eigenvalue weighted by Gasteiger charge is 2.24.